The van der Waals surface area contributed by atoms with E-state index in [4.69, 9.17) is 9.47 Å². The summed E-state index contributed by atoms with van der Waals surface area (Å²) in [6.45, 7) is 0. The molecule has 1 atom stereocenters. The van der Waals surface area contributed by atoms with E-state index in [1.807, 2.05) is 18.2 Å². The minimum atomic E-state index is 0.108. The highest BCUT2D eigenvalue weighted by Crippen LogP contribution is 2.37. The Hall–Kier alpha value is -2.30. The summed E-state index contributed by atoms with van der Waals surface area (Å²) in [5, 5.41) is 6.87. The number of benzene rings is 1. The van der Waals surface area contributed by atoms with Gasteiger partial charge in [0, 0.05) is 24.1 Å². The van der Waals surface area contributed by atoms with E-state index in [-0.39, 0.29) is 11.7 Å². The highest BCUT2D eigenvalue weighted by molar-refractivity contribution is 5.98. The van der Waals surface area contributed by atoms with Crippen LogP contribution in [-0.4, -0.2) is 30.2 Å². The SMILES string of the molecule is COc1ccc([C@@H]2CC(=O)c3cn[nH]c3C2)c(OC)c1. The van der Waals surface area contributed by atoms with Gasteiger partial charge in [-0.3, -0.25) is 9.89 Å². The van der Waals surface area contributed by atoms with Crippen molar-refractivity contribution in [3.05, 3.63) is 41.2 Å². The van der Waals surface area contributed by atoms with E-state index in [0.29, 0.717) is 12.0 Å². The van der Waals surface area contributed by atoms with Crippen LogP contribution in [-0.2, 0) is 6.42 Å². The first-order valence-corrected chi connectivity index (χ1v) is 6.50. The first-order valence-electron chi connectivity index (χ1n) is 6.50. The summed E-state index contributed by atoms with van der Waals surface area (Å²) in [5.41, 5.74) is 2.65. The van der Waals surface area contributed by atoms with Crippen LogP contribution in [0.1, 0.15) is 34.0 Å². The van der Waals surface area contributed by atoms with Crippen LogP contribution in [0.2, 0.25) is 0 Å². The lowest BCUT2D eigenvalue weighted by molar-refractivity contribution is 0.0964. The third kappa shape index (κ3) is 2.05. The molecule has 5 nitrogen and oxygen atoms in total. The number of nitrogens with zero attached hydrogens (tertiary/aromatic N) is 1. The first kappa shape index (κ1) is 12.7. The molecule has 1 aliphatic carbocycles. The molecule has 0 radical (unpaired) electrons. The normalized spacial score (nSPS) is 17.7. The fourth-order valence-corrected chi connectivity index (χ4v) is 2.74. The number of fused-ring (bicyclic) bond motifs is 1. The molecule has 2 aromatic rings. The van der Waals surface area contributed by atoms with Crippen LogP contribution >= 0.6 is 0 Å². The molecule has 1 heterocycles. The maximum atomic E-state index is 12.1. The van der Waals surface area contributed by atoms with Crippen molar-refractivity contribution < 1.29 is 14.3 Å². The largest absolute Gasteiger partial charge is 0.497 e. The van der Waals surface area contributed by atoms with Crippen molar-refractivity contribution in [1.29, 1.82) is 0 Å². The van der Waals surface area contributed by atoms with Gasteiger partial charge in [-0.1, -0.05) is 6.07 Å². The highest BCUT2D eigenvalue weighted by atomic mass is 16.5. The van der Waals surface area contributed by atoms with E-state index < -0.39 is 0 Å². The van der Waals surface area contributed by atoms with E-state index in [1.165, 1.54) is 0 Å². The Morgan fingerprint density at radius 1 is 1.25 bits per heavy atom. The fourth-order valence-electron chi connectivity index (χ4n) is 2.74. The molecule has 0 bridgehead atoms. The number of ketones is 1. The van der Waals surface area contributed by atoms with Crippen LogP contribution in [0.25, 0.3) is 0 Å². The number of nitrogens with one attached hydrogen (secondary N) is 1. The van der Waals surface area contributed by atoms with Crippen molar-refractivity contribution in [3.8, 4) is 11.5 Å². The van der Waals surface area contributed by atoms with Gasteiger partial charge in [0.2, 0.25) is 0 Å². The zero-order valence-electron chi connectivity index (χ0n) is 11.5. The smallest absolute Gasteiger partial charge is 0.166 e. The number of aromatic amines is 1. The van der Waals surface area contributed by atoms with Crippen LogP contribution < -0.4 is 9.47 Å². The zero-order chi connectivity index (χ0) is 14.1. The average molecular weight is 272 g/mol. The topological polar surface area (TPSA) is 64.2 Å². The molecule has 104 valence electrons. The molecule has 0 unspecified atom stereocenters. The van der Waals surface area contributed by atoms with Gasteiger partial charge in [0.25, 0.3) is 0 Å². The van der Waals surface area contributed by atoms with Gasteiger partial charge in [-0.05, 0) is 18.1 Å². The van der Waals surface area contributed by atoms with Crippen LogP contribution in [0.5, 0.6) is 11.5 Å². The molecule has 20 heavy (non-hydrogen) atoms. The minimum Gasteiger partial charge on any atom is -0.497 e. The molecule has 5 heteroatoms. The van der Waals surface area contributed by atoms with E-state index >= 15 is 0 Å². The lowest BCUT2D eigenvalue weighted by Gasteiger charge is -2.23. The van der Waals surface area contributed by atoms with Gasteiger partial charge >= 0.3 is 0 Å². The molecule has 0 spiro atoms. The molecular weight excluding hydrogens is 256 g/mol. The Balaban J connectivity index is 1.96. The number of hydrogen-bond donors (Lipinski definition) is 1. The van der Waals surface area contributed by atoms with Crippen molar-refractivity contribution in [3.63, 3.8) is 0 Å². The number of rotatable bonds is 3. The number of hydrogen-bond acceptors (Lipinski definition) is 4. The third-order valence-corrected chi connectivity index (χ3v) is 3.78. The molecule has 0 amide bonds. The Morgan fingerprint density at radius 3 is 2.85 bits per heavy atom. The maximum absolute atomic E-state index is 12.1. The number of Topliss-reactive ketones (excluding diaryl/α,β-unsaturated/α-hetero) is 1. The molecule has 1 aromatic carbocycles. The average Bonchev–Trinajstić information content (AvgIpc) is 2.95. The molecular formula is C15H16N2O3. The highest BCUT2D eigenvalue weighted by Gasteiger charge is 2.29. The number of aromatic nitrogens is 2. The molecule has 0 aliphatic heterocycles. The van der Waals surface area contributed by atoms with Gasteiger partial charge in [0.05, 0.1) is 26.0 Å². The summed E-state index contributed by atoms with van der Waals surface area (Å²) in [6.07, 6.45) is 2.86. The van der Waals surface area contributed by atoms with Crippen molar-refractivity contribution in [2.24, 2.45) is 0 Å². The molecule has 0 saturated heterocycles. The Kier molecular flexibility index (Phi) is 3.18. The van der Waals surface area contributed by atoms with E-state index in [2.05, 4.69) is 10.2 Å². The van der Waals surface area contributed by atoms with Gasteiger partial charge < -0.3 is 9.47 Å². The van der Waals surface area contributed by atoms with Crippen LogP contribution in [0, 0.1) is 0 Å². The first-order chi connectivity index (χ1) is 9.72. The van der Waals surface area contributed by atoms with Crippen LogP contribution in [0.3, 0.4) is 0 Å². The summed E-state index contributed by atoms with van der Waals surface area (Å²) in [4.78, 5) is 12.1. The van der Waals surface area contributed by atoms with Crippen molar-refractivity contribution in [2.75, 3.05) is 14.2 Å². The standard InChI is InChI=1S/C15H16N2O3/c1-19-10-3-4-11(15(7-10)20-2)9-5-13-12(8-16-17-13)14(18)6-9/h3-4,7-9H,5-6H2,1-2H3,(H,16,17)/t9-/m0/s1. The molecule has 1 aliphatic rings. The van der Waals surface area contributed by atoms with Crippen molar-refractivity contribution in [2.45, 2.75) is 18.8 Å². The quantitative estimate of drug-likeness (QED) is 0.931. The molecule has 1 N–H and O–H groups in total. The Morgan fingerprint density at radius 2 is 2.10 bits per heavy atom. The maximum Gasteiger partial charge on any atom is 0.166 e. The van der Waals surface area contributed by atoms with Gasteiger partial charge in [-0.15, -0.1) is 0 Å². The fraction of sp³-hybridized carbons (Fsp3) is 0.333. The number of ether oxygens (including phenoxy) is 2. The summed E-state index contributed by atoms with van der Waals surface area (Å²) in [6, 6.07) is 5.71. The second kappa shape index (κ2) is 5.00. The summed E-state index contributed by atoms with van der Waals surface area (Å²) in [5.74, 6) is 1.74. The predicted molar refractivity (Wildman–Crippen MR) is 73.5 cm³/mol. The van der Waals surface area contributed by atoms with Crippen molar-refractivity contribution in [1.82, 2.24) is 10.2 Å². The second-order valence-corrected chi connectivity index (χ2v) is 4.90. The monoisotopic (exact) mass is 272 g/mol. The van der Waals surface area contributed by atoms with E-state index in [1.54, 1.807) is 20.4 Å². The lowest BCUT2D eigenvalue weighted by atomic mass is 9.82. The summed E-state index contributed by atoms with van der Waals surface area (Å²) >= 11 is 0. The van der Waals surface area contributed by atoms with Crippen LogP contribution in [0.4, 0.5) is 0 Å². The lowest BCUT2D eigenvalue weighted by Crippen LogP contribution is -2.18. The molecule has 0 saturated carbocycles. The number of carbonyl (C=O) groups is 1. The Labute approximate surface area is 116 Å². The molecule has 0 fully saturated rings. The van der Waals surface area contributed by atoms with Gasteiger partial charge in [-0.25, -0.2) is 0 Å². The van der Waals surface area contributed by atoms with Crippen LogP contribution in [0.15, 0.2) is 24.4 Å². The second-order valence-electron chi connectivity index (χ2n) is 4.90. The van der Waals surface area contributed by atoms with Gasteiger partial charge in [-0.2, -0.15) is 5.10 Å². The minimum absolute atomic E-state index is 0.108. The van der Waals surface area contributed by atoms with Crippen molar-refractivity contribution >= 4 is 5.78 Å². The molecule has 3 rings (SSSR count). The Bertz CT molecular complexity index is 648. The van der Waals surface area contributed by atoms with Gasteiger partial charge in [0.15, 0.2) is 5.78 Å². The van der Waals surface area contributed by atoms with Gasteiger partial charge in [0.1, 0.15) is 11.5 Å². The third-order valence-electron chi connectivity index (χ3n) is 3.78. The van der Waals surface area contributed by atoms with E-state index in [0.717, 1.165) is 29.2 Å². The predicted octanol–water partition coefficient (Wildman–Crippen LogP) is 2.34. The number of methoxy groups -OCH3 is 2. The summed E-state index contributed by atoms with van der Waals surface area (Å²) < 4.78 is 10.6. The zero-order valence-corrected chi connectivity index (χ0v) is 11.5. The number of carbonyl (C=O) groups excluding carboxylic acids is 1. The molecule has 1 aromatic heterocycles. The van der Waals surface area contributed by atoms with E-state index in [9.17, 15) is 4.79 Å². The number of H-pyrrole nitrogens is 1. The summed E-state index contributed by atoms with van der Waals surface area (Å²) in [7, 11) is 3.25.